The van der Waals surface area contributed by atoms with E-state index in [1.54, 1.807) is 34.0 Å². The molecule has 0 bridgehead atoms. The van der Waals surface area contributed by atoms with Crippen molar-refractivity contribution >= 4 is 142 Å². The number of carboxylic acid groups (broad SMARTS) is 2. The van der Waals surface area contributed by atoms with Crippen molar-refractivity contribution in [1.82, 2.24) is 90.4 Å². The highest BCUT2D eigenvalue weighted by Gasteiger charge is 2.40. The number of phenols is 2. The molecule has 0 aliphatic heterocycles. The second-order valence-corrected chi connectivity index (χ2v) is 36.4. The van der Waals surface area contributed by atoms with E-state index in [9.17, 15) is 117 Å². The molecule has 0 aliphatic carbocycles. The molecule has 16 amide bonds. The monoisotopic (exact) mass is 2020 g/mol. The van der Waals surface area contributed by atoms with E-state index in [1.807, 2.05) is 6.26 Å². The Kier molecular flexibility index (Phi) is 59.8. The Morgan fingerprint density at radius 1 is 0.364 bits per heavy atom. The van der Waals surface area contributed by atoms with Crippen molar-refractivity contribution in [3.05, 3.63) is 59.7 Å². The van der Waals surface area contributed by atoms with Crippen LogP contribution in [0.5, 0.6) is 11.5 Å². The summed E-state index contributed by atoms with van der Waals surface area (Å²) < 4.78 is 0. The number of carbonyl (C=O) groups excluding carboxylic acids is 16. The number of primary amides is 1. The number of rotatable bonds is 72. The van der Waals surface area contributed by atoms with Crippen molar-refractivity contribution in [2.75, 3.05) is 69.9 Å². The number of phenolic OH excluding ortho intramolecular Hbond substituents is 2. The minimum atomic E-state index is -2.12. The van der Waals surface area contributed by atoms with Gasteiger partial charge in [0.1, 0.15) is 96.1 Å². The van der Waals surface area contributed by atoms with Gasteiger partial charge >= 0.3 is 11.9 Å². The minimum Gasteiger partial charge on any atom is -0.508 e. The summed E-state index contributed by atoms with van der Waals surface area (Å²) in [6.07, 6.45) is -0.772. The number of guanidine groups is 2. The smallest absolute Gasteiger partial charge is 0.326 e. The van der Waals surface area contributed by atoms with Crippen molar-refractivity contribution in [2.45, 2.75) is 273 Å². The number of benzene rings is 2. The van der Waals surface area contributed by atoms with E-state index in [-0.39, 0.29) is 159 Å². The molecule has 786 valence electrons. The molecule has 0 saturated carbocycles. The largest absolute Gasteiger partial charge is 0.508 e. The fourth-order valence-corrected chi connectivity index (χ4v) is 14.9. The van der Waals surface area contributed by atoms with Gasteiger partial charge in [-0.15, -0.1) is 0 Å². The van der Waals surface area contributed by atoms with Crippen molar-refractivity contribution in [1.29, 1.82) is 10.8 Å². The molecule has 2 aromatic rings. The van der Waals surface area contributed by atoms with Gasteiger partial charge in [0, 0.05) is 32.4 Å². The molecule has 50 nitrogen and oxygen atoms in total. The SMILES string of the molecule is CSCC[C@H](NC(=O)[C@H](CO)NC(=O)[C@H](CCCNC(=N)N)NC(=O)[C@H](CC(C)C)NC(=O)[C@H](CCCCN)NC(=O)[C@H](CCCCN)NC(=O)[C@H](CCC(N)=O)NC(=O)[C@H](Cc1ccc(O)cc1)NC(=O)CNC(=O)[C@@H](N)CCSC)C(=O)N[C@H](C(=O)N[C@H](CC(=O)O)C(=O)N[C@@H](CCCCN)C(=O)N[C@@H](Cc1ccc(O)cc1)C(=O)N[C@@H](CCCNC(=N)N)C(=O)N[C@@H](CC(C)C)C(=O)O)[C@@H](C)O. The third-order valence-corrected chi connectivity index (χ3v) is 22.8. The number of nitrogens with two attached hydrogens (primary N) is 7. The third-order valence-electron chi connectivity index (χ3n) is 21.5. The minimum absolute atomic E-state index is 0.00383. The number of amides is 16. The number of nitrogens with one attached hydrogen (secondary N) is 19. The van der Waals surface area contributed by atoms with Crippen LogP contribution >= 0.6 is 23.5 Å². The topological polar surface area (TPSA) is 863 Å². The first kappa shape index (κ1) is 124. The fourth-order valence-electron chi connectivity index (χ4n) is 13.9. The van der Waals surface area contributed by atoms with Gasteiger partial charge in [0.2, 0.25) is 94.5 Å². The van der Waals surface area contributed by atoms with E-state index in [4.69, 9.17) is 51.0 Å². The highest BCUT2D eigenvalue weighted by Crippen LogP contribution is 2.19. The van der Waals surface area contributed by atoms with Crippen LogP contribution < -0.4 is 131 Å². The number of aliphatic hydroxyl groups is 2. The van der Waals surface area contributed by atoms with E-state index in [0.717, 1.165) is 6.92 Å². The van der Waals surface area contributed by atoms with Crippen LogP contribution in [0.4, 0.5) is 0 Å². The average molecular weight is 2020 g/mol. The van der Waals surface area contributed by atoms with Crippen molar-refractivity contribution in [3.8, 4) is 11.5 Å². The van der Waals surface area contributed by atoms with Crippen LogP contribution in [0.15, 0.2) is 48.5 Å². The molecule has 0 aliphatic rings. The van der Waals surface area contributed by atoms with Gasteiger partial charge in [-0.05, 0) is 213 Å². The summed E-state index contributed by atoms with van der Waals surface area (Å²) in [7, 11) is 0. The maximum absolute atomic E-state index is 14.8. The molecule has 0 aromatic heterocycles. The van der Waals surface area contributed by atoms with Gasteiger partial charge in [0.05, 0.1) is 31.7 Å². The Morgan fingerprint density at radius 3 is 1.04 bits per heavy atom. The second-order valence-electron chi connectivity index (χ2n) is 34.4. The summed E-state index contributed by atoms with van der Waals surface area (Å²) >= 11 is 2.62. The summed E-state index contributed by atoms with van der Waals surface area (Å²) in [5.41, 5.74) is 40.8. The summed E-state index contributed by atoms with van der Waals surface area (Å²) in [5.74, 6) is -20.8. The number of carboxylic acids is 2. The molecule has 2 rings (SSSR count). The highest BCUT2D eigenvalue weighted by atomic mass is 32.2. The maximum Gasteiger partial charge on any atom is 0.326 e. The van der Waals surface area contributed by atoms with E-state index < -0.39 is 253 Å². The highest BCUT2D eigenvalue weighted by molar-refractivity contribution is 7.98. The average Bonchev–Trinajstić information content (AvgIpc) is 0.845. The van der Waals surface area contributed by atoms with Crippen LogP contribution in [-0.2, 0) is 99.1 Å². The molecule has 0 saturated heterocycles. The first-order valence-electron chi connectivity index (χ1n) is 46.3. The number of aromatic hydroxyl groups is 2. The molecule has 0 spiro atoms. The Balaban J connectivity index is 2.60. The van der Waals surface area contributed by atoms with Crippen LogP contribution in [0.25, 0.3) is 0 Å². The first-order chi connectivity index (χ1) is 66.2. The van der Waals surface area contributed by atoms with Crippen molar-refractivity contribution < 1.29 is 117 Å². The van der Waals surface area contributed by atoms with Crippen LogP contribution in [0, 0.1) is 22.7 Å². The summed E-state index contributed by atoms with van der Waals surface area (Å²) in [5, 5.41) is 120. The van der Waals surface area contributed by atoms with Gasteiger partial charge in [-0.2, -0.15) is 23.5 Å². The number of hydrogen-bond acceptors (Lipinski definition) is 30. The number of carbonyl (C=O) groups is 18. The molecule has 16 atom stereocenters. The zero-order valence-corrected chi connectivity index (χ0v) is 82.0. The predicted molar refractivity (Wildman–Crippen MR) is 521 cm³/mol. The third kappa shape index (κ3) is 50.4. The van der Waals surface area contributed by atoms with Crippen LogP contribution in [0.1, 0.15) is 174 Å². The fraction of sp³-hybridized carbons (Fsp3) is 0.636. The normalized spacial score (nSPS) is 14.6. The molecular weight excluding hydrogens is 1870 g/mol. The molecule has 0 unspecified atom stereocenters. The number of aliphatic hydroxyl groups excluding tert-OH is 2. The molecule has 39 N–H and O–H groups in total. The maximum atomic E-state index is 14.8. The number of thioether (sulfide) groups is 2. The van der Waals surface area contributed by atoms with Crippen LogP contribution in [0.3, 0.4) is 0 Å². The Labute approximate surface area is 821 Å². The van der Waals surface area contributed by atoms with E-state index in [1.165, 1.54) is 72.1 Å². The standard InChI is InChI=1S/C88H148N26O24S2/c1-47(2)40-62(109-74(125)56(17-9-12-34-90)102-73(124)55(16-8-11-33-89)103-78(129)60(29-30-68(93)119)107-81(132)63(42-50-21-25-52(117)26-22-50)101-69(120)45-100-72(123)54(92)31-38-139-6)80(131)105-59(20-15-37-99-88(96)97)77(128)113-67(46-115)84(135)108-61(32-39-140-7)79(130)114-71(49(5)116)85(136)111-65(44-70(121)122)83(134)104-57(18-10-13-35-91)75(126)110-64(43-51-23-27-53(118)28-24-51)82(133)106-58(19-14-36-98-87(94)95)76(127)112-66(86(137)138)41-48(3)4/h21-28,47-49,54-67,71,115-118H,8-20,29-46,89-92H2,1-7H3,(H2,93,119)(H,100,123)(H,101,120)(H,102,124)(H,103,129)(H,104,134)(H,105,131)(H,106,133)(H,107,132)(H,108,135)(H,109,125)(H,110,126)(H,111,136)(H,112,127)(H,113,128)(H,114,130)(H,121,122)(H,137,138)(H4,94,95,98)(H4,96,97,99)/t49-,54+,55+,56+,57+,58+,59+,60+,61+,62+,63+,64+,65-,66+,67+,71+/m1/s1. The molecular formula is C88H148N26O24S2. The zero-order chi connectivity index (χ0) is 105. The molecule has 0 fully saturated rings. The van der Waals surface area contributed by atoms with Crippen LogP contribution in [0.2, 0.25) is 0 Å². The lowest BCUT2D eigenvalue weighted by atomic mass is 10.0. The quantitative estimate of drug-likeness (QED) is 0.0166. The van der Waals surface area contributed by atoms with Gasteiger partial charge in [-0.1, -0.05) is 52.0 Å². The molecule has 0 heterocycles. The van der Waals surface area contributed by atoms with Crippen LogP contribution in [-0.4, -0.2) is 316 Å². The van der Waals surface area contributed by atoms with Gasteiger partial charge in [0.15, 0.2) is 11.9 Å². The molecule has 0 radical (unpaired) electrons. The van der Waals surface area contributed by atoms with Gasteiger partial charge in [0.25, 0.3) is 0 Å². The van der Waals surface area contributed by atoms with Crippen molar-refractivity contribution in [2.24, 2.45) is 52.0 Å². The van der Waals surface area contributed by atoms with Gasteiger partial charge in [-0.3, -0.25) is 92.3 Å². The Bertz CT molecular complexity index is 4360. The number of unbranched alkanes of at least 4 members (excludes halogenated alkanes) is 3. The van der Waals surface area contributed by atoms with Gasteiger partial charge < -0.3 is 161 Å². The summed E-state index contributed by atoms with van der Waals surface area (Å²) in [4.78, 5) is 252. The lowest BCUT2D eigenvalue weighted by Crippen LogP contribution is -2.62. The summed E-state index contributed by atoms with van der Waals surface area (Å²) in [6, 6.07) is -13.3. The van der Waals surface area contributed by atoms with E-state index >= 15 is 0 Å². The molecule has 2 aromatic carbocycles. The van der Waals surface area contributed by atoms with E-state index in [2.05, 4.69) is 90.4 Å². The molecule has 52 heteroatoms. The van der Waals surface area contributed by atoms with E-state index in [0.29, 0.717) is 36.1 Å². The van der Waals surface area contributed by atoms with Gasteiger partial charge in [-0.25, -0.2) is 4.79 Å². The Hall–Kier alpha value is -12.5. The number of aliphatic carboxylic acids is 2. The first-order valence-corrected chi connectivity index (χ1v) is 49.1. The lowest BCUT2D eigenvalue weighted by molar-refractivity contribution is -0.143. The zero-order valence-electron chi connectivity index (χ0n) is 80.3. The molecule has 140 heavy (non-hydrogen) atoms. The lowest BCUT2D eigenvalue weighted by Gasteiger charge is -2.29. The predicted octanol–water partition coefficient (Wildman–Crippen LogP) is -7.18. The summed E-state index contributed by atoms with van der Waals surface area (Å²) in [6.45, 7) is 6.36. The Morgan fingerprint density at radius 2 is 0.679 bits per heavy atom. The van der Waals surface area contributed by atoms with Crippen molar-refractivity contribution in [3.63, 3.8) is 0 Å². The second kappa shape index (κ2) is 67.7. The number of hydrogen-bond donors (Lipinski definition) is 32.